The first-order valence-corrected chi connectivity index (χ1v) is 10.8. The van der Waals surface area contributed by atoms with Crippen LogP contribution >= 0.6 is 57.7 Å². The molecule has 0 unspecified atom stereocenters. The van der Waals surface area contributed by atoms with Crippen LogP contribution in [0.25, 0.3) is 0 Å². The average Bonchev–Trinajstić information content (AvgIpc) is 3.33. The van der Waals surface area contributed by atoms with Crippen LogP contribution in [0.15, 0.2) is 35.7 Å². The van der Waals surface area contributed by atoms with E-state index in [4.69, 9.17) is 46.4 Å². The molecule has 0 spiro atoms. The summed E-state index contributed by atoms with van der Waals surface area (Å²) in [5.41, 5.74) is 1.33. The predicted molar refractivity (Wildman–Crippen MR) is 121 cm³/mol. The molecule has 0 aliphatic carbocycles. The molecule has 1 aliphatic rings. The van der Waals surface area contributed by atoms with E-state index in [0.29, 0.717) is 21.8 Å². The summed E-state index contributed by atoms with van der Waals surface area (Å²) in [7, 11) is 0. The van der Waals surface area contributed by atoms with E-state index in [1.54, 1.807) is 37.3 Å². The zero-order valence-electron chi connectivity index (χ0n) is 15.1. The maximum Gasteiger partial charge on any atom is 0.267 e. The molecule has 30 heavy (non-hydrogen) atoms. The lowest BCUT2D eigenvalue weighted by molar-refractivity contribution is 0.0925. The molecule has 2 heterocycles. The fourth-order valence-electron chi connectivity index (χ4n) is 3.10. The van der Waals surface area contributed by atoms with Gasteiger partial charge in [-0.1, -0.05) is 52.5 Å². The quantitative estimate of drug-likeness (QED) is 0.247. The van der Waals surface area contributed by atoms with E-state index in [1.807, 2.05) is 5.38 Å². The molecule has 0 radical (unpaired) electrons. The highest BCUT2D eigenvalue weighted by Gasteiger charge is 2.42. The molecular formula is C20H10Cl4N2O3S. The molecule has 2 aromatic carbocycles. The maximum atomic E-state index is 13.0. The third-order valence-electron chi connectivity index (χ3n) is 4.56. The van der Waals surface area contributed by atoms with Gasteiger partial charge in [0.05, 0.1) is 41.8 Å². The minimum atomic E-state index is -0.657. The van der Waals surface area contributed by atoms with Crippen molar-refractivity contribution in [3.8, 4) is 0 Å². The van der Waals surface area contributed by atoms with Gasteiger partial charge >= 0.3 is 0 Å². The van der Waals surface area contributed by atoms with Crippen molar-refractivity contribution < 1.29 is 14.4 Å². The second kappa shape index (κ2) is 7.87. The lowest BCUT2D eigenvalue weighted by Crippen LogP contribution is -2.29. The van der Waals surface area contributed by atoms with Crippen molar-refractivity contribution in [1.29, 1.82) is 0 Å². The first-order chi connectivity index (χ1) is 14.2. The Morgan fingerprint density at radius 1 is 0.933 bits per heavy atom. The van der Waals surface area contributed by atoms with E-state index >= 15 is 0 Å². The summed E-state index contributed by atoms with van der Waals surface area (Å²) in [5, 5.41) is 4.18. The van der Waals surface area contributed by atoms with Crippen molar-refractivity contribution in [3.05, 3.63) is 77.4 Å². The fraction of sp³-hybridized carbons (Fsp3) is 0.0500. The smallest absolute Gasteiger partial charge is 0.267 e. The summed E-state index contributed by atoms with van der Waals surface area (Å²) in [4.78, 5) is 39.7. The highest BCUT2D eigenvalue weighted by Crippen LogP contribution is 2.45. The minimum absolute atomic E-state index is 0.0891. The van der Waals surface area contributed by atoms with Gasteiger partial charge in [0, 0.05) is 5.69 Å². The number of fused-ring (bicyclic) bond motifs is 1. The molecule has 0 fully saturated rings. The van der Waals surface area contributed by atoms with Crippen LogP contribution in [0.4, 0.5) is 11.4 Å². The zero-order valence-corrected chi connectivity index (χ0v) is 18.9. The van der Waals surface area contributed by atoms with Crippen LogP contribution in [0.2, 0.25) is 20.1 Å². The Bertz CT molecular complexity index is 1190. The Morgan fingerprint density at radius 3 is 2.03 bits per heavy atom. The molecule has 0 atom stereocenters. The monoisotopic (exact) mass is 498 g/mol. The van der Waals surface area contributed by atoms with Crippen molar-refractivity contribution in [2.45, 2.75) is 6.92 Å². The van der Waals surface area contributed by atoms with Crippen LogP contribution in [0, 0.1) is 6.92 Å². The molecule has 5 nitrogen and oxygen atoms in total. The number of amides is 3. The number of nitrogens with one attached hydrogen (secondary N) is 1. The van der Waals surface area contributed by atoms with E-state index < -0.39 is 11.8 Å². The second-order valence-corrected chi connectivity index (χ2v) is 8.84. The number of rotatable bonds is 3. The highest BCUT2D eigenvalue weighted by molar-refractivity contribution is 7.12. The molecule has 3 aromatic rings. The Hall–Kier alpha value is -2.09. The van der Waals surface area contributed by atoms with Crippen LogP contribution in [-0.4, -0.2) is 17.7 Å². The number of hydrogen-bond donors (Lipinski definition) is 1. The van der Waals surface area contributed by atoms with Crippen molar-refractivity contribution in [2.75, 3.05) is 10.2 Å². The van der Waals surface area contributed by atoms with E-state index in [9.17, 15) is 14.4 Å². The van der Waals surface area contributed by atoms with Gasteiger partial charge in [-0.05, 0) is 42.1 Å². The number of halogens is 4. The summed E-state index contributed by atoms with van der Waals surface area (Å²) in [6.45, 7) is 1.75. The number of thiophene rings is 1. The van der Waals surface area contributed by atoms with E-state index in [-0.39, 0.29) is 37.1 Å². The topological polar surface area (TPSA) is 66.5 Å². The number of aryl methyl sites for hydroxylation is 1. The van der Waals surface area contributed by atoms with Crippen molar-refractivity contribution in [3.63, 3.8) is 0 Å². The molecule has 10 heteroatoms. The molecule has 152 valence electrons. The average molecular weight is 500 g/mol. The molecule has 1 aromatic heterocycles. The first kappa shape index (κ1) is 21.2. The molecule has 3 amide bonds. The van der Waals surface area contributed by atoms with Crippen LogP contribution in [0.5, 0.6) is 0 Å². The number of carbonyl (C=O) groups excluding carboxylic acids is 3. The van der Waals surface area contributed by atoms with Crippen molar-refractivity contribution in [2.24, 2.45) is 0 Å². The van der Waals surface area contributed by atoms with E-state index in [0.717, 1.165) is 4.90 Å². The number of carbonyl (C=O) groups is 3. The van der Waals surface area contributed by atoms with Crippen LogP contribution in [-0.2, 0) is 0 Å². The van der Waals surface area contributed by atoms with Gasteiger partial charge in [-0.15, -0.1) is 11.3 Å². The number of imide groups is 1. The van der Waals surface area contributed by atoms with Crippen LogP contribution in [0.3, 0.4) is 0 Å². The molecule has 1 aliphatic heterocycles. The van der Waals surface area contributed by atoms with Crippen LogP contribution < -0.4 is 10.2 Å². The van der Waals surface area contributed by atoms with Gasteiger partial charge in [0.25, 0.3) is 17.7 Å². The zero-order chi connectivity index (χ0) is 21.7. The summed E-state index contributed by atoms with van der Waals surface area (Å²) in [5.74, 6) is -1.56. The minimum Gasteiger partial charge on any atom is -0.321 e. The summed E-state index contributed by atoms with van der Waals surface area (Å²) >= 11 is 25.7. The van der Waals surface area contributed by atoms with Gasteiger partial charge in [0.15, 0.2) is 0 Å². The van der Waals surface area contributed by atoms with Gasteiger partial charge in [-0.3, -0.25) is 14.4 Å². The lowest BCUT2D eigenvalue weighted by atomic mass is 10.1. The highest BCUT2D eigenvalue weighted by atomic mass is 35.5. The Morgan fingerprint density at radius 2 is 1.53 bits per heavy atom. The van der Waals surface area contributed by atoms with E-state index in [1.165, 1.54) is 11.3 Å². The summed E-state index contributed by atoms with van der Waals surface area (Å²) < 4.78 is 0. The summed E-state index contributed by atoms with van der Waals surface area (Å²) in [6, 6.07) is 8.27. The third-order valence-corrected chi connectivity index (χ3v) is 7.23. The summed E-state index contributed by atoms with van der Waals surface area (Å²) in [6.07, 6.45) is 0. The number of nitrogens with zero attached hydrogens (tertiary/aromatic N) is 1. The number of benzene rings is 2. The Labute approximate surface area is 195 Å². The fourth-order valence-corrected chi connectivity index (χ4v) is 4.74. The maximum absolute atomic E-state index is 13.0. The number of hydrogen-bond acceptors (Lipinski definition) is 4. The molecule has 4 rings (SSSR count). The largest absolute Gasteiger partial charge is 0.321 e. The van der Waals surface area contributed by atoms with Gasteiger partial charge < -0.3 is 5.32 Å². The van der Waals surface area contributed by atoms with Gasteiger partial charge in [-0.25, -0.2) is 4.90 Å². The SMILES string of the molecule is Cc1cc(N2C(=O)c3c(Cl)c(Cl)c(Cl)c(Cl)c3C2=O)ccc1NC(=O)c1cccs1. The third kappa shape index (κ3) is 3.29. The van der Waals surface area contributed by atoms with Crippen molar-refractivity contribution in [1.82, 2.24) is 0 Å². The normalized spacial score (nSPS) is 13.0. The standard InChI is InChI=1S/C20H10Cl4N2O3S/c1-8-7-9(4-5-10(8)25-18(27)11-3-2-6-30-11)26-19(28)12-13(20(26)29)15(22)17(24)16(23)14(12)21/h2-7H,1H3,(H,25,27). The van der Waals surface area contributed by atoms with Gasteiger partial charge in [-0.2, -0.15) is 0 Å². The van der Waals surface area contributed by atoms with Crippen LogP contribution in [0.1, 0.15) is 36.0 Å². The molecule has 0 bridgehead atoms. The molecule has 0 saturated heterocycles. The van der Waals surface area contributed by atoms with E-state index in [2.05, 4.69) is 5.32 Å². The van der Waals surface area contributed by atoms with Gasteiger partial charge in [0.1, 0.15) is 0 Å². The molecule has 0 saturated carbocycles. The Kier molecular flexibility index (Phi) is 5.55. The number of anilines is 2. The molecule has 1 N–H and O–H groups in total. The predicted octanol–water partition coefficient (Wildman–Crippen LogP) is 6.72. The van der Waals surface area contributed by atoms with Gasteiger partial charge in [0.2, 0.25) is 0 Å². The first-order valence-electron chi connectivity index (χ1n) is 8.42. The molecular weight excluding hydrogens is 490 g/mol. The second-order valence-electron chi connectivity index (χ2n) is 6.38. The Balaban J connectivity index is 1.70. The lowest BCUT2D eigenvalue weighted by Gasteiger charge is -2.16. The van der Waals surface area contributed by atoms with Crippen molar-refractivity contribution >= 4 is 86.8 Å².